The fourth-order valence-electron chi connectivity index (χ4n) is 2.51. The predicted molar refractivity (Wildman–Crippen MR) is 92.7 cm³/mol. The van der Waals surface area contributed by atoms with Gasteiger partial charge in [-0.2, -0.15) is 0 Å². The minimum Gasteiger partial charge on any atom is -0.462 e. The van der Waals surface area contributed by atoms with Crippen LogP contribution in [0.25, 0.3) is 11.0 Å². The van der Waals surface area contributed by atoms with Crippen LogP contribution in [0.5, 0.6) is 5.75 Å². The van der Waals surface area contributed by atoms with Crippen LogP contribution in [0.3, 0.4) is 0 Å². The van der Waals surface area contributed by atoms with Crippen LogP contribution in [0, 0.1) is 6.92 Å². The first kappa shape index (κ1) is 18.7. The monoisotopic (exact) mass is 346 g/mol. The molecule has 0 aliphatic rings. The summed E-state index contributed by atoms with van der Waals surface area (Å²) < 4.78 is 15.7. The van der Waals surface area contributed by atoms with E-state index in [1.165, 1.54) is 6.07 Å². The molecule has 0 aliphatic heterocycles. The summed E-state index contributed by atoms with van der Waals surface area (Å²) in [5.74, 6) is -0.334. The second kappa shape index (κ2) is 7.96. The van der Waals surface area contributed by atoms with Crippen LogP contribution in [-0.2, 0) is 20.7 Å². The van der Waals surface area contributed by atoms with Crippen molar-refractivity contribution in [3.8, 4) is 5.75 Å². The third-order valence-corrected chi connectivity index (χ3v) is 3.89. The maximum atomic E-state index is 12.3. The van der Waals surface area contributed by atoms with Gasteiger partial charge in [0.2, 0.25) is 0 Å². The van der Waals surface area contributed by atoms with E-state index in [0.717, 1.165) is 10.9 Å². The molecule has 6 nitrogen and oxygen atoms in total. The van der Waals surface area contributed by atoms with Gasteiger partial charge in [-0.25, -0.2) is 4.79 Å². The lowest BCUT2D eigenvalue weighted by molar-refractivity contribution is -0.147. The summed E-state index contributed by atoms with van der Waals surface area (Å²) in [6, 6.07) is 4.94. The molecule has 0 fully saturated rings. The van der Waals surface area contributed by atoms with Crippen molar-refractivity contribution >= 4 is 22.9 Å². The van der Waals surface area contributed by atoms with E-state index in [1.54, 1.807) is 32.9 Å². The van der Waals surface area contributed by atoms with E-state index in [2.05, 4.69) is 0 Å². The fraction of sp³-hybridized carbons (Fsp3) is 0.421. The van der Waals surface area contributed by atoms with Crippen LogP contribution >= 0.6 is 0 Å². The Labute approximate surface area is 145 Å². The molecular formula is C19H22O6. The first-order valence-electron chi connectivity index (χ1n) is 8.32. The highest BCUT2D eigenvalue weighted by Gasteiger charge is 2.17. The summed E-state index contributed by atoms with van der Waals surface area (Å²) in [5.41, 5.74) is 1.11. The molecule has 0 amide bonds. The van der Waals surface area contributed by atoms with Gasteiger partial charge in [-0.3, -0.25) is 9.59 Å². The van der Waals surface area contributed by atoms with Crippen molar-refractivity contribution in [2.45, 2.75) is 53.1 Å². The lowest BCUT2D eigenvalue weighted by atomic mass is 10.0. The van der Waals surface area contributed by atoms with Crippen molar-refractivity contribution in [2.24, 2.45) is 0 Å². The molecule has 134 valence electrons. The molecule has 2 aromatic rings. The van der Waals surface area contributed by atoms with Crippen LogP contribution in [-0.4, -0.2) is 18.0 Å². The Morgan fingerprint density at radius 1 is 1.16 bits per heavy atom. The van der Waals surface area contributed by atoms with Gasteiger partial charge in [0.15, 0.2) is 0 Å². The van der Waals surface area contributed by atoms with Gasteiger partial charge in [0.1, 0.15) is 17.4 Å². The lowest BCUT2D eigenvalue weighted by Gasteiger charge is -2.14. The van der Waals surface area contributed by atoms with E-state index in [4.69, 9.17) is 13.9 Å². The third-order valence-electron chi connectivity index (χ3n) is 3.89. The van der Waals surface area contributed by atoms with E-state index < -0.39 is 11.7 Å². The molecule has 1 aromatic carbocycles. The van der Waals surface area contributed by atoms with E-state index >= 15 is 0 Å². The lowest BCUT2D eigenvalue weighted by Crippen LogP contribution is -2.21. The smallest absolute Gasteiger partial charge is 0.339 e. The minimum atomic E-state index is -0.483. The molecule has 1 atom stereocenters. The number of rotatable bonds is 6. The van der Waals surface area contributed by atoms with Crippen molar-refractivity contribution in [3.63, 3.8) is 0 Å². The van der Waals surface area contributed by atoms with Gasteiger partial charge >= 0.3 is 17.6 Å². The number of hydrogen-bond acceptors (Lipinski definition) is 6. The van der Waals surface area contributed by atoms with Crippen molar-refractivity contribution < 1.29 is 23.5 Å². The standard InChI is InChI=1S/C19H22O6/c1-5-17(20)23-11(3)9-15-12(4)14-8-7-13(24-18(21)6-2)10-16(14)25-19(15)22/h7-8,10-11H,5-6,9H2,1-4H3/t11-/m0/s1. The summed E-state index contributed by atoms with van der Waals surface area (Å²) in [4.78, 5) is 35.1. The molecule has 0 saturated carbocycles. The first-order valence-corrected chi connectivity index (χ1v) is 8.32. The zero-order chi connectivity index (χ0) is 18.6. The normalized spacial score (nSPS) is 12.0. The molecule has 2 rings (SSSR count). The van der Waals surface area contributed by atoms with Gasteiger partial charge in [0.25, 0.3) is 0 Å². The molecule has 6 heteroatoms. The highest BCUT2D eigenvalue weighted by molar-refractivity contribution is 5.83. The molecule has 25 heavy (non-hydrogen) atoms. The van der Waals surface area contributed by atoms with Gasteiger partial charge in [-0.05, 0) is 31.5 Å². The largest absolute Gasteiger partial charge is 0.462 e. The third kappa shape index (κ3) is 4.47. The van der Waals surface area contributed by atoms with E-state index in [0.29, 0.717) is 16.9 Å². The van der Waals surface area contributed by atoms with Crippen LogP contribution in [0.4, 0.5) is 0 Å². The molecule has 0 radical (unpaired) electrons. The van der Waals surface area contributed by atoms with Crippen LogP contribution in [0.2, 0.25) is 0 Å². The summed E-state index contributed by atoms with van der Waals surface area (Å²) in [7, 11) is 0. The molecule has 0 N–H and O–H groups in total. The molecule has 0 aliphatic carbocycles. The fourth-order valence-corrected chi connectivity index (χ4v) is 2.51. The molecular weight excluding hydrogens is 324 g/mol. The average Bonchev–Trinajstić information content (AvgIpc) is 2.58. The van der Waals surface area contributed by atoms with E-state index in [9.17, 15) is 14.4 Å². The SMILES string of the molecule is CCC(=O)Oc1ccc2c(C)c(C[C@H](C)OC(=O)CC)c(=O)oc2c1. The molecule has 1 aromatic heterocycles. The van der Waals surface area contributed by atoms with Gasteiger partial charge in [0, 0.05) is 36.3 Å². The molecule has 0 bridgehead atoms. The van der Waals surface area contributed by atoms with Crippen molar-refractivity contribution in [2.75, 3.05) is 0 Å². The topological polar surface area (TPSA) is 82.8 Å². The van der Waals surface area contributed by atoms with Gasteiger partial charge in [-0.15, -0.1) is 0 Å². The average molecular weight is 346 g/mol. The Bertz CT molecular complexity index is 849. The van der Waals surface area contributed by atoms with Crippen molar-refractivity contribution in [1.29, 1.82) is 0 Å². The zero-order valence-electron chi connectivity index (χ0n) is 14.9. The van der Waals surface area contributed by atoms with Crippen LogP contribution in [0.15, 0.2) is 27.4 Å². The minimum absolute atomic E-state index is 0.258. The van der Waals surface area contributed by atoms with Crippen molar-refractivity contribution in [1.82, 2.24) is 0 Å². The number of fused-ring (bicyclic) bond motifs is 1. The number of carbonyl (C=O) groups excluding carboxylic acids is 2. The Morgan fingerprint density at radius 3 is 2.48 bits per heavy atom. The number of hydrogen-bond donors (Lipinski definition) is 0. The highest BCUT2D eigenvalue weighted by atomic mass is 16.5. The van der Waals surface area contributed by atoms with E-state index in [-0.39, 0.29) is 31.2 Å². The maximum Gasteiger partial charge on any atom is 0.339 e. The van der Waals surface area contributed by atoms with Crippen molar-refractivity contribution in [3.05, 3.63) is 39.7 Å². The number of carbonyl (C=O) groups is 2. The van der Waals surface area contributed by atoms with Gasteiger partial charge in [0.05, 0.1) is 0 Å². The number of esters is 2. The number of benzene rings is 1. The first-order chi connectivity index (χ1) is 11.8. The maximum absolute atomic E-state index is 12.3. The predicted octanol–water partition coefficient (Wildman–Crippen LogP) is 3.30. The summed E-state index contributed by atoms with van der Waals surface area (Å²) in [6.45, 7) is 6.98. The number of ether oxygens (including phenoxy) is 2. The Kier molecular flexibility index (Phi) is 5.96. The van der Waals surface area contributed by atoms with Crippen LogP contribution < -0.4 is 10.4 Å². The highest BCUT2D eigenvalue weighted by Crippen LogP contribution is 2.25. The molecule has 0 spiro atoms. The Balaban J connectivity index is 2.34. The van der Waals surface area contributed by atoms with E-state index in [1.807, 2.05) is 6.92 Å². The summed E-state index contributed by atoms with van der Waals surface area (Å²) in [5, 5.41) is 0.750. The second-order valence-corrected chi connectivity index (χ2v) is 5.84. The molecule has 1 heterocycles. The van der Waals surface area contributed by atoms with Gasteiger partial charge in [-0.1, -0.05) is 13.8 Å². The van der Waals surface area contributed by atoms with Crippen LogP contribution in [0.1, 0.15) is 44.7 Å². The summed E-state index contributed by atoms with van der Waals surface area (Å²) >= 11 is 0. The number of aryl methyl sites for hydroxylation is 1. The molecule has 0 saturated heterocycles. The van der Waals surface area contributed by atoms with Gasteiger partial charge < -0.3 is 13.9 Å². The molecule has 0 unspecified atom stereocenters. The Hall–Kier alpha value is -2.63. The Morgan fingerprint density at radius 2 is 1.84 bits per heavy atom. The summed E-state index contributed by atoms with van der Waals surface area (Å²) in [6.07, 6.45) is 0.405. The zero-order valence-corrected chi connectivity index (χ0v) is 14.9. The quantitative estimate of drug-likeness (QED) is 0.453. The second-order valence-electron chi connectivity index (χ2n) is 5.84.